The summed E-state index contributed by atoms with van der Waals surface area (Å²) in [6.07, 6.45) is 6.75. The van der Waals surface area contributed by atoms with Gasteiger partial charge in [0, 0.05) is 47.9 Å². The van der Waals surface area contributed by atoms with Crippen LogP contribution < -0.4 is 5.32 Å². The van der Waals surface area contributed by atoms with Gasteiger partial charge in [-0.3, -0.25) is 9.59 Å². The Morgan fingerprint density at radius 3 is 2.35 bits per heavy atom. The number of likely N-dealkylation sites (tertiary alicyclic amines) is 1. The van der Waals surface area contributed by atoms with Gasteiger partial charge in [0.25, 0.3) is 0 Å². The number of carbonyl (C=O) groups excluding carboxylic acids is 2. The molecule has 6 heteroatoms. The molecule has 4 rings (SSSR count). The predicted octanol–water partition coefficient (Wildman–Crippen LogP) is 2.03. The molecule has 1 aromatic heterocycles. The van der Waals surface area contributed by atoms with Gasteiger partial charge < -0.3 is 10.2 Å². The molecule has 3 aliphatic rings. The molecule has 0 radical (unpaired) electrons. The highest BCUT2D eigenvalue weighted by Crippen LogP contribution is 2.32. The van der Waals surface area contributed by atoms with Crippen molar-refractivity contribution in [2.24, 2.45) is 5.92 Å². The lowest BCUT2D eigenvalue weighted by molar-refractivity contribution is -0.137. The van der Waals surface area contributed by atoms with Crippen molar-refractivity contribution in [1.82, 2.24) is 20.2 Å². The summed E-state index contributed by atoms with van der Waals surface area (Å²) in [5.41, 5.74) is 2.72. The maximum absolute atomic E-state index is 12.4. The summed E-state index contributed by atoms with van der Waals surface area (Å²) in [5, 5.41) is 3.03. The maximum Gasteiger partial charge on any atom is 0.225 e. The van der Waals surface area contributed by atoms with Crippen LogP contribution in [0.4, 0.5) is 0 Å². The van der Waals surface area contributed by atoms with Gasteiger partial charge in [0.1, 0.15) is 5.82 Å². The first-order chi connectivity index (χ1) is 12.5. The number of hydrogen-bond acceptors (Lipinski definition) is 4. The number of aromatic nitrogens is 2. The van der Waals surface area contributed by atoms with Gasteiger partial charge in [-0.25, -0.2) is 9.97 Å². The highest BCUT2D eigenvalue weighted by molar-refractivity contribution is 5.80. The van der Waals surface area contributed by atoms with E-state index < -0.39 is 0 Å². The number of aryl methyl sites for hydroxylation is 2. The summed E-state index contributed by atoms with van der Waals surface area (Å²) in [6, 6.07) is 0.376. The van der Waals surface area contributed by atoms with Gasteiger partial charge in [-0.2, -0.15) is 0 Å². The summed E-state index contributed by atoms with van der Waals surface area (Å²) in [5.74, 6) is 1.68. The van der Waals surface area contributed by atoms with Gasteiger partial charge in [0.05, 0.1) is 6.42 Å². The summed E-state index contributed by atoms with van der Waals surface area (Å²) < 4.78 is 0. The van der Waals surface area contributed by atoms with E-state index in [4.69, 9.17) is 9.97 Å². The van der Waals surface area contributed by atoms with Crippen LogP contribution in [0.5, 0.6) is 0 Å². The average Bonchev–Trinajstić information content (AvgIpc) is 3.21. The molecule has 2 amide bonds. The first-order valence-electron chi connectivity index (χ1n) is 9.93. The second-order valence-corrected chi connectivity index (χ2v) is 8.15. The van der Waals surface area contributed by atoms with E-state index >= 15 is 0 Å². The number of nitrogens with one attached hydrogen (secondary N) is 1. The number of carbonyl (C=O) groups is 2. The fourth-order valence-electron chi connectivity index (χ4n) is 3.96. The van der Waals surface area contributed by atoms with Crippen molar-refractivity contribution in [3.8, 4) is 0 Å². The minimum atomic E-state index is 0.0631. The molecule has 1 aromatic rings. The van der Waals surface area contributed by atoms with Crippen molar-refractivity contribution < 1.29 is 9.59 Å². The first kappa shape index (κ1) is 17.4. The molecule has 0 unspecified atom stereocenters. The lowest BCUT2D eigenvalue weighted by Gasteiger charge is -2.29. The van der Waals surface area contributed by atoms with Crippen molar-refractivity contribution in [3.63, 3.8) is 0 Å². The van der Waals surface area contributed by atoms with Crippen LogP contribution in [0.2, 0.25) is 0 Å². The summed E-state index contributed by atoms with van der Waals surface area (Å²) in [6.45, 7) is 5.47. The predicted molar refractivity (Wildman–Crippen MR) is 97.7 cm³/mol. The molecule has 6 nitrogen and oxygen atoms in total. The molecule has 1 atom stereocenters. The van der Waals surface area contributed by atoms with E-state index in [2.05, 4.69) is 5.32 Å². The summed E-state index contributed by atoms with van der Waals surface area (Å²) in [4.78, 5) is 36.0. The van der Waals surface area contributed by atoms with E-state index in [0.717, 1.165) is 68.0 Å². The van der Waals surface area contributed by atoms with Crippen LogP contribution in [0.1, 0.15) is 67.2 Å². The van der Waals surface area contributed by atoms with Crippen molar-refractivity contribution in [2.45, 2.75) is 70.8 Å². The third kappa shape index (κ3) is 3.60. The van der Waals surface area contributed by atoms with Crippen LogP contribution in [0.3, 0.4) is 0 Å². The van der Waals surface area contributed by atoms with E-state index in [-0.39, 0.29) is 17.7 Å². The van der Waals surface area contributed by atoms with Crippen LogP contribution in [0.25, 0.3) is 0 Å². The molecular weight excluding hydrogens is 328 g/mol. The number of hydrogen-bond donors (Lipinski definition) is 1. The Kier molecular flexibility index (Phi) is 4.67. The fraction of sp³-hybridized carbons (Fsp3) is 0.700. The zero-order chi connectivity index (χ0) is 18.3. The van der Waals surface area contributed by atoms with Crippen molar-refractivity contribution in [2.75, 3.05) is 13.1 Å². The minimum absolute atomic E-state index is 0.0631. The topological polar surface area (TPSA) is 75.2 Å². The van der Waals surface area contributed by atoms with Crippen LogP contribution in [-0.4, -0.2) is 45.8 Å². The fourth-order valence-corrected chi connectivity index (χ4v) is 3.96. The molecule has 2 heterocycles. The van der Waals surface area contributed by atoms with Gasteiger partial charge in [-0.1, -0.05) is 6.42 Å². The van der Waals surface area contributed by atoms with Gasteiger partial charge in [0.2, 0.25) is 11.8 Å². The lowest BCUT2D eigenvalue weighted by atomic mass is 9.84. The van der Waals surface area contributed by atoms with E-state index in [0.29, 0.717) is 18.4 Å². The van der Waals surface area contributed by atoms with E-state index in [1.54, 1.807) is 0 Å². The molecule has 1 aliphatic heterocycles. The molecule has 0 bridgehead atoms. The normalized spacial score (nSPS) is 23.0. The zero-order valence-corrected chi connectivity index (χ0v) is 15.8. The van der Waals surface area contributed by atoms with Crippen LogP contribution in [0, 0.1) is 19.8 Å². The Hall–Kier alpha value is -1.98. The molecule has 3 fully saturated rings. The van der Waals surface area contributed by atoms with Crippen molar-refractivity contribution in [3.05, 3.63) is 22.8 Å². The molecule has 1 N–H and O–H groups in total. The molecule has 0 spiro atoms. The Balaban J connectivity index is 1.42. The second-order valence-electron chi connectivity index (χ2n) is 8.15. The molecule has 2 saturated carbocycles. The van der Waals surface area contributed by atoms with Gasteiger partial charge in [-0.15, -0.1) is 0 Å². The maximum atomic E-state index is 12.4. The number of rotatable bonds is 5. The average molecular weight is 356 g/mol. The SMILES string of the molecule is Cc1nc([C@H]2CCN(C(=O)C3CCC3)C2)nc(C)c1CC(=O)NC1CC1. The van der Waals surface area contributed by atoms with E-state index in [1.165, 1.54) is 6.42 Å². The van der Waals surface area contributed by atoms with Crippen LogP contribution in [-0.2, 0) is 16.0 Å². The first-order valence-corrected chi connectivity index (χ1v) is 9.93. The Morgan fingerprint density at radius 2 is 1.77 bits per heavy atom. The number of amides is 2. The van der Waals surface area contributed by atoms with Crippen molar-refractivity contribution in [1.29, 1.82) is 0 Å². The number of nitrogens with zero attached hydrogens (tertiary/aromatic N) is 3. The standard InChI is InChI=1S/C20H28N4O2/c1-12-17(10-18(25)23-16-6-7-16)13(2)22-19(21-12)15-8-9-24(11-15)20(26)14-4-3-5-14/h14-16H,3-11H2,1-2H3,(H,23,25)/t15-/m0/s1. The minimum Gasteiger partial charge on any atom is -0.353 e. The lowest BCUT2D eigenvalue weighted by Crippen LogP contribution is -2.37. The molecule has 2 aliphatic carbocycles. The van der Waals surface area contributed by atoms with E-state index in [1.807, 2.05) is 18.7 Å². The summed E-state index contributed by atoms with van der Waals surface area (Å²) >= 11 is 0. The largest absolute Gasteiger partial charge is 0.353 e. The molecular formula is C20H28N4O2. The summed E-state index contributed by atoms with van der Waals surface area (Å²) in [7, 11) is 0. The Labute approximate surface area is 154 Å². The third-order valence-electron chi connectivity index (χ3n) is 6.04. The highest BCUT2D eigenvalue weighted by atomic mass is 16.2. The van der Waals surface area contributed by atoms with Gasteiger partial charge in [-0.05, 0) is 46.0 Å². The molecule has 1 saturated heterocycles. The van der Waals surface area contributed by atoms with Crippen LogP contribution >= 0.6 is 0 Å². The van der Waals surface area contributed by atoms with Crippen molar-refractivity contribution >= 4 is 11.8 Å². The highest BCUT2D eigenvalue weighted by Gasteiger charge is 2.35. The van der Waals surface area contributed by atoms with Gasteiger partial charge in [0.15, 0.2) is 0 Å². The molecule has 0 aromatic carbocycles. The quantitative estimate of drug-likeness (QED) is 0.876. The molecule has 140 valence electrons. The molecule has 26 heavy (non-hydrogen) atoms. The monoisotopic (exact) mass is 356 g/mol. The van der Waals surface area contributed by atoms with Gasteiger partial charge >= 0.3 is 0 Å². The van der Waals surface area contributed by atoms with Crippen LogP contribution in [0.15, 0.2) is 0 Å². The van der Waals surface area contributed by atoms with E-state index in [9.17, 15) is 9.59 Å². The Morgan fingerprint density at radius 1 is 1.08 bits per heavy atom. The smallest absolute Gasteiger partial charge is 0.225 e. The Bertz CT molecular complexity index is 702. The third-order valence-corrected chi connectivity index (χ3v) is 6.04. The second kappa shape index (κ2) is 6.97. The zero-order valence-electron chi connectivity index (χ0n) is 15.8.